The van der Waals surface area contributed by atoms with Crippen LogP contribution in [0, 0.1) is 19.7 Å². The lowest BCUT2D eigenvalue weighted by Crippen LogP contribution is -2.15. The Kier molecular flexibility index (Phi) is 4.59. The van der Waals surface area contributed by atoms with Gasteiger partial charge in [-0.05, 0) is 31.5 Å². The van der Waals surface area contributed by atoms with Gasteiger partial charge in [0.05, 0.1) is 17.8 Å². The number of nitrogens with zero attached hydrogens (tertiary/aromatic N) is 4. The molecular weight excluding hydrogens is 345 g/mol. The van der Waals surface area contributed by atoms with Crippen LogP contribution in [0.4, 0.5) is 10.2 Å². The normalized spacial score (nSPS) is 10.9. The van der Waals surface area contributed by atoms with E-state index in [2.05, 4.69) is 15.5 Å². The molecule has 1 aromatic carbocycles. The lowest BCUT2D eigenvalue weighted by molar-refractivity contribution is 0.102. The minimum absolute atomic E-state index is 0.256. The van der Waals surface area contributed by atoms with Crippen molar-refractivity contribution in [2.45, 2.75) is 20.4 Å². The zero-order chi connectivity index (χ0) is 18.1. The summed E-state index contributed by atoms with van der Waals surface area (Å²) in [4.78, 5) is 12.5. The Morgan fingerprint density at radius 1 is 1.28 bits per heavy atom. The van der Waals surface area contributed by atoms with Crippen LogP contribution in [0.15, 0.2) is 30.5 Å². The molecule has 6 nitrogen and oxygen atoms in total. The monoisotopic (exact) mass is 361 g/mol. The van der Waals surface area contributed by atoms with Gasteiger partial charge in [0.25, 0.3) is 5.91 Å². The topological polar surface area (TPSA) is 64.7 Å². The van der Waals surface area contributed by atoms with Gasteiger partial charge in [0.1, 0.15) is 5.82 Å². The summed E-state index contributed by atoms with van der Waals surface area (Å²) in [6.45, 7) is 4.00. The number of amides is 1. The van der Waals surface area contributed by atoms with Gasteiger partial charge < -0.3 is 5.32 Å². The number of aromatic nitrogens is 4. The predicted molar refractivity (Wildman–Crippen MR) is 93.4 cm³/mol. The largest absolute Gasteiger partial charge is 0.305 e. The van der Waals surface area contributed by atoms with Crippen LogP contribution in [0.3, 0.4) is 0 Å². The SMILES string of the molecule is Cc1nn(C)c(C)c1C(=O)Nc1ccn(Cc2ccc(F)cc2Cl)n1. The molecule has 0 fully saturated rings. The Bertz CT molecular complexity index is 947. The first kappa shape index (κ1) is 17.2. The van der Waals surface area contributed by atoms with Crippen LogP contribution in [-0.2, 0) is 13.6 Å². The molecule has 0 saturated heterocycles. The van der Waals surface area contributed by atoms with Crippen molar-refractivity contribution < 1.29 is 9.18 Å². The number of hydrogen-bond acceptors (Lipinski definition) is 3. The van der Waals surface area contributed by atoms with Crippen molar-refractivity contribution in [3.8, 4) is 0 Å². The number of carbonyl (C=O) groups is 1. The first-order valence-electron chi connectivity index (χ1n) is 7.64. The second kappa shape index (κ2) is 6.68. The smallest absolute Gasteiger partial charge is 0.260 e. The number of aryl methyl sites for hydroxylation is 2. The Labute approximate surface area is 149 Å². The van der Waals surface area contributed by atoms with Crippen molar-refractivity contribution in [1.29, 1.82) is 0 Å². The van der Waals surface area contributed by atoms with Crippen LogP contribution in [0.25, 0.3) is 0 Å². The van der Waals surface area contributed by atoms with Gasteiger partial charge in [0.15, 0.2) is 5.82 Å². The summed E-state index contributed by atoms with van der Waals surface area (Å²) in [6, 6.07) is 5.91. The third-order valence-electron chi connectivity index (χ3n) is 3.97. The summed E-state index contributed by atoms with van der Waals surface area (Å²) in [5, 5.41) is 11.6. The summed E-state index contributed by atoms with van der Waals surface area (Å²) in [6.07, 6.45) is 1.72. The van der Waals surface area contributed by atoms with Crippen molar-refractivity contribution in [1.82, 2.24) is 19.6 Å². The van der Waals surface area contributed by atoms with E-state index >= 15 is 0 Å². The van der Waals surface area contributed by atoms with Crippen LogP contribution in [0.1, 0.15) is 27.3 Å². The van der Waals surface area contributed by atoms with Gasteiger partial charge in [-0.2, -0.15) is 10.2 Å². The molecule has 0 radical (unpaired) electrons. The van der Waals surface area contributed by atoms with E-state index < -0.39 is 0 Å². The fourth-order valence-electron chi connectivity index (χ4n) is 2.62. The van der Waals surface area contributed by atoms with E-state index in [-0.39, 0.29) is 11.7 Å². The van der Waals surface area contributed by atoms with E-state index in [1.807, 2.05) is 6.92 Å². The van der Waals surface area contributed by atoms with Gasteiger partial charge in [0.2, 0.25) is 0 Å². The maximum atomic E-state index is 13.1. The van der Waals surface area contributed by atoms with Gasteiger partial charge in [0, 0.05) is 30.0 Å². The summed E-state index contributed by atoms with van der Waals surface area (Å²) in [5.74, 6) is -0.219. The van der Waals surface area contributed by atoms with E-state index in [4.69, 9.17) is 11.6 Å². The first-order valence-corrected chi connectivity index (χ1v) is 8.02. The highest BCUT2D eigenvalue weighted by atomic mass is 35.5. The summed E-state index contributed by atoms with van der Waals surface area (Å²) in [5.41, 5.74) is 2.73. The van der Waals surface area contributed by atoms with Gasteiger partial charge in [-0.25, -0.2) is 4.39 Å². The summed E-state index contributed by atoms with van der Waals surface area (Å²) < 4.78 is 16.4. The molecule has 2 heterocycles. The number of nitrogens with one attached hydrogen (secondary N) is 1. The number of hydrogen-bond donors (Lipinski definition) is 1. The molecule has 0 spiro atoms. The maximum absolute atomic E-state index is 13.1. The Hall–Kier alpha value is -2.67. The zero-order valence-electron chi connectivity index (χ0n) is 14.0. The molecule has 0 aliphatic heterocycles. The third-order valence-corrected chi connectivity index (χ3v) is 4.32. The lowest BCUT2D eigenvalue weighted by Gasteiger charge is -2.05. The molecule has 0 unspecified atom stereocenters. The molecule has 0 aliphatic rings. The Morgan fingerprint density at radius 2 is 2.04 bits per heavy atom. The molecule has 3 aromatic rings. The second-order valence-electron chi connectivity index (χ2n) is 5.76. The molecule has 25 heavy (non-hydrogen) atoms. The summed E-state index contributed by atoms with van der Waals surface area (Å²) in [7, 11) is 1.79. The van der Waals surface area contributed by atoms with Crippen molar-refractivity contribution >= 4 is 23.3 Å². The highest BCUT2D eigenvalue weighted by Gasteiger charge is 2.18. The molecule has 8 heteroatoms. The predicted octanol–water partition coefficient (Wildman–Crippen LogP) is 3.33. The van der Waals surface area contributed by atoms with Crippen molar-refractivity contribution in [3.05, 3.63) is 63.8 Å². The Balaban J connectivity index is 1.74. The van der Waals surface area contributed by atoms with Gasteiger partial charge in [-0.15, -0.1) is 0 Å². The average molecular weight is 362 g/mol. The fraction of sp³-hybridized carbons (Fsp3) is 0.235. The maximum Gasteiger partial charge on any atom is 0.260 e. The zero-order valence-corrected chi connectivity index (χ0v) is 14.8. The minimum Gasteiger partial charge on any atom is -0.305 e. The van der Waals surface area contributed by atoms with Gasteiger partial charge in [-0.3, -0.25) is 14.2 Å². The highest BCUT2D eigenvalue weighted by Crippen LogP contribution is 2.19. The van der Waals surface area contributed by atoms with Crippen LogP contribution in [-0.4, -0.2) is 25.5 Å². The minimum atomic E-state index is -0.385. The van der Waals surface area contributed by atoms with Gasteiger partial charge in [-0.1, -0.05) is 17.7 Å². The molecule has 0 bridgehead atoms. The van der Waals surface area contributed by atoms with Crippen molar-refractivity contribution in [3.63, 3.8) is 0 Å². The average Bonchev–Trinajstić information content (AvgIpc) is 3.06. The van der Waals surface area contributed by atoms with Crippen molar-refractivity contribution in [2.75, 3.05) is 5.32 Å². The quantitative estimate of drug-likeness (QED) is 0.775. The molecule has 1 amide bonds. The number of rotatable bonds is 4. The van der Waals surface area contributed by atoms with E-state index in [0.29, 0.717) is 28.6 Å². The summed E-state index contributed by atoms with van der Waals surface area (Å²) >= 11 is 6.03. The molecule has 0 aliphatic carbocycles. The highest BCUT2D eigenvalue weighted by molar-refractivity contribution is 6.31. The molecule has 3 rings (SSSR count). The molecule has 0 atom stereocenters. The van der Waals surface area contributed by atoms with Crippen molar-refractivity contribution in [2.24, 2.45) is 7.05 Å². The third kappa shape index (κ3) is 3.56. The standard InChI is InChI=1S/C17H17ClFN5O/c1-10-16(11(2)23(3)21-10)17(25)20-15-6-7-24(22-15)9-12-4-5-13(19)8-14(12)18/h4-8H,9H2,1-3H3,(H,20,22,25). The molecule has 130 valence electrons. The molecule has 0 saturated carbocycles. The first-order chi connectivity index (χ1) is 11.8. The number of anilines is 1. The molecular formula is C17H17ClFN5O. The van der Waals surface area contributed by atoms with E-state index in [0.717, 1.165) is 11.3 Å². The molecule has 2 aromatic heterocycles. The van der Waals surface area contributed by atoms with Crippen LogP contribution >= 0.6 is 11.6 Å². The van der Waals surface area contributed by atoms with E-state index in [9.17, 15) is 9.18 Å². The lowest BCUT2D eigenvalue weighted by atomic mass is 10.2. The van der Waals surface area contributed by atoms with E-state index in [1.54, 1.807) is 41.7 Å². The number of carbonyl (C=O) groups excluding carboxylic acids is 1. The number of halogens is 2. The number of benzene rings is 1. The van der Waals surface area contributed by atoms with Gasteiger partial charge >= 0.3 is 0 Å². The Morgan fingerprint density at radius 3 is 2.68 bits per heavy atom. The van der Waals surface area contributed by atoms with Crippen LogP contribution in [0.2, 0.25) is 5.02 Å². The van der Waals surface area contributed by atoms with E-state index in [1.165, 1.54) is 12.1 Å². The van der Waals surface area contributed by atoms with Crippen LogP contribution < -0.4 is 5.32 Å². The van der Waals surface area contributed by atoms with Crippen LogP contribution in [0.5, 0.6) is 0 Å². The fourth-order valence-corrected chi connectivity index (χ4v) is 2.85. The molecule has 1 N–H and O–H groups in total. The second-order valence-corrected chi connectivity index (χ2v) is 6.17.